The van der Waals surface area contributed by atoms with Crippen LogP contribution in [-0.4, -0.2) is 47.0 Å². The third-order valence-electron chi connectivity index (χ3n) is 3.28. The van der Waals surface area contributed by atoms with E-state index in [9.17, 15) is 14.4 Å². The first-order valence-electron chi connectivity index (χ1n) is 5.87. The van der Waals surface area contributed by atoms with E-state index in [1.54, 1.807) is 4.90 Å². The lowest BCUT2D eigenvalue weighted by atomic mass is 10.0. The number of carbonyl (C=O) groups excluding carboxylic acids is 2. The van der Waals surface area contributed by atoms with Gasteiger partial charge in [0.25, 0.3) is 0 Å². The normalized spacial score (nSPS) is 24.7. The Labute approximate surface area is 105 Å². The van der Waals surface area contributed by atoms with Gasteiger partial charge < -0.3 is 21.1 Å². The van der Waals surface area contributed by atoms with Gasteiger partial charge in [-0.15, -0.1) is 0 Å². The highest BCUT2D eigenvalue weighted by atomic mass is 16.4. The highest BCUT2D eigenvalue weighted by Gasteiger charge is 2.31. The van der Waals surface area contributed by atoms with Gasteiger partial charge in [0.2, 0.25) is 5.91 Å². The van der Waals surface area contributed by atoms with E-state index in [0.717, 1.165) is 0 Å². The summed E-state index contributed by atoms with van der Waals surface area (Å²) in [6.45, 7) is 5.26. The summed E-state index contributed by atoms with van der Waals surface area (Å²) in [6.07, 6.45) is -0.403. The number of hydrogen-bond acceptors (Lipinski definition) is 3. The van der Waals surface area contributed by atoms with Crippen molar-refractivity contribution in [2.75, 3.05) is 13.1 Å². The molecule has 3 atom stereocenters. The zero-order chi connectivity index (χ0) is 13.9. The number of nitrogens with one attached hydrogen (secondary N) is 1. The van der Waals surface area contributed by atoms with E-state index in [1.165, 1.54) is 0 Å². The minimum atomic E-state index is -1.26. The van der Waals surface area contributed by atoms with E-state index >= 15 is 0 Å². The van der Waals surface area contributed by atoms with E-state index in [4.69, 9.17) is 10.8 Å². The zero-order valence-electron chi connectivity index (χ0n) is 10.5. The lowest BCUT2D eigenvalue weighted by Gasteiger charge is -2.20. The molecule has 0 saturated carbocycles. The molecule has 3 unspecified atom stereocenters. The summed E-state index contributed by atoms with van der Waals surface area (Å²) in [4.78, 5) is 35.0. The number of aliphatic carboxylic acids is 1. The summed E-state index contributed by atoms with van der Waals surface area (Å²) in [5.41, 5.74) is 4.94. The topological polar surface area (TPSA) is 113 Å². The third kappa shape index (κ3) is 3.61. The van der Waals surface area contributed by atoms with Crippen LogP contribution in [-0.2, 0) is 9.59 Å². The molecule has 0 spiro atoms. The maximum atomic E-state index is 11.8. The number of amides is 3. The number of hydrogen-bond donors (Lipinski definition) is 3. The Morgan fingerprint density at radius 1 is 1.33 bits per heavy atom. The third-order valence-corrected chi connectivity index (χ3v) is 3.28. The SMILES string of the molecule is CC1CN(C(=O)NC(CC(N)=O)C(=O)O)CC1C. The molecule has 0 bridgehead atoms. The lowest BCUT2D eigenvalue weighted by molar-refractivity contribution is -0.140. The van der Waals surface area contributed by atoms with Gasteiger partial charge in [-0.3, -0.25) is 4.79 Å². The highest BCUT2D eigenvalue weighted by molar-refractivity contribution is 5.87. The maximum absolute atomic E-state index is 11.8. The Morgan fingerprint density at radius 2 is 1.83 bits per heavy atom. The van der Waals surface area contributed by atoms with Gasteiger partial charge in [0.15, 0.2) is 0 Å². The fraction of sp³-hybridized carbons (Fsp3) is 0.727. The summed E-state index contributed by atoms with van der Waals surface area (Å²) in [6, 6.07) is -1.72. The van der Waals surface area contributed by atoms with Crippen molar-refractivity contribution < 1.29 is 19.5 Å². The standard InChI is InChI=1S/C11H19N3O4/c1-6-4-14(5-7(6)2)11(18)13-8(10(16)17)3-9(12)15/h6-8H,3-5H2,1-2H3,(H2,12,15)(H,13,18)(H,16,17). The van der Waals surface area contributed by atoms with Crippen molar-refractivity contribution in [3.63, 3.8) is 0 Å². The number of nitrogens with zero attached hydrogens (tertiary/aromatic N) is 1. The average molecular weight is 257 g/mol. The molecule has 1 aliphatic rings. The monoisotopic (exact) mass is 257 g/mol. The number of carboxylic acids is 1. The molecular weight excluding hydrogens is 238 g/mol. The molecule has 3 amide bonds. The van der Waals surface area contributed by atoms with E-state index < -0.39 is 30.4 Å². The van der Waals surface area contributed by atoms with Crippen LogP contribution in [0.2, 0.25) is 0 Å². The van der Waals surface area contributed by atoms with Gasteiger partial charge in [-0.2, -0.15) is 0 Å². The van der Waals surface area contributed by atoms with Crippen LogP contribution in [0.15, 0.2) is 0 Å². The van der Waals surface area contributed by atoms with Crippen molar-refractivity contribution in [2.45, 2.75) is 26.3 Å². The first-order valence-corrected chi connectivity index (χ1v) is 5.87. The molecule has 7 heteroatoms. The maximum Gasteiger partial charge on any atom is 0.326 e. The molecule has 102 valence electrons. The van der Waals surface area contributed by atoms with E-state index in [1.807, 2.05) is 13.8 Å². The first kappa shape index (κ1) is 14.3. The second kappa shape index (κ2) is 5.70. The number of carboxylic acid groups (broad SMARTS) is 1. The van der Waals surface area contributed by atoms with Gasteiger partial charge in [0.05, 0.1) is 6.42 Å². The van der Waals surface area contributed by atoms with Crippen molar-refractivity contribution in [3.05, 3.63) is 0 Å². The Kier molecular flexibility index (Phi) is 4.52. The van der Waals surface area contributed by atoms with Crippen LogP contribution in [0.5, 0.6) is 0 Å². The fourth-order valence-electron chi connectivity index (χ4n) is 1.94. The second-order valence-electron chi connectivity index (χ2n) is 4.87. The molecule has 18 heavy (non-hydrogen) atoms. The fourth-order valence-corrected chi connectivity index (χ4v) is 1.94. The molecule has 0 aromatic carbocycles. The molecule has 1 saturated heterocycles. The van der Waals surface area contributed by atoms with Gasteiger partial charge in [-0.1, -0.05) is 13.8 Å². The van der Waals surface area contributed by atoms with Crippen molar-refractivity contribution in [2.24, 2.45) is 17.6 Å². The van der Waals surface area contributed by atoms with Crippen molar-refractivity contribution in [1.82, 2.24) is 10.2 Å². The number of primary amides is 1. The highest BCUT2D eigenvalue weighted by Crippen LogP contribution is 2.21. The van der Waals surface area contributed by atoms with E-state index in [-0.39, 0.29) is 0 Å². The Bertz CT molecular complexity index is 348. The van der Waals surface area contributed by atoms with Crippen LogP contribution in [0.25, 0.3) is 0 Å². The van der Waals surface area contributed by atoms with Gasteiger partial charge in [-0.25, -0.2) is 9.59 Å². The smallest absolute Gasteiger partial charge is 0.326 e. The average Bonchev–Trinajstić information content (AvgIpc) is 2.57. The minimum Gasteiger partial charge on any atom is -0.480 e. The molecule has 4 N–H and O–H groups in total. The van der Waals surface area contributed by atoms with Gasteiger partial charge in [0, 0.05) is 13.1 Å². The van der Waals surface area contributed by atoms with Crippen LogP contribution in [0.1, 0.15) is 20.3 Å². The van der Waals surface area contributed by atoms with Crippen LogP contribution >= 0.6 is 0 Å². The van der Waals surface area contributed by atoms with Crippen molar-refractivity contribution in [3.8, 4) is 0 Å². The minimum absolute atomic E-state index is 0.384. The molecule has 0 aromatic heterocycles. The first-order chi connectivity index (χ1) is 8.31. The molecule has 0 aromatic rings. The molecule has 1 aliphatic heterocycles. The Hall–Kier alpha value is -1.79. The number of likely N-dealkylation sites (tertiary alicyclic amines) is 1. The molecule has 1 heterocycles. The number of rotatable bonds is 4. The molecule has 0 radical (unpaired) electrons. The Balaban J connectivity index is 2.57. The molecular formula is C11H19N3O4. The van der Waals surface area contributed by atoms with Crippen LogP contribution < -0.4 is 11.1 Å². The molecule has 1 rings (SSSR count). The van der Waals surface area contributed by atoms with Gasteiger partial charge >= 0.3 is 12.0 Å². The summed E-state index contributed by atoms with van der Waals surface area (Å²) in [5, 5.41) is 11.2. The summed E-state index contributed by atoms with van der Waals surface area (Å²) >= 11 is 0. The van der Waals surface area contributed by atoms with Crippen molar-refractivity contribution in [1.29, 1.82) is 0 Å². The summed E-state index contributed by atoms with van der Waals surface area (Å²) in [5.74, 6) is -1.25. The van der Waals surface area contributed by atoms with Gasteiger partial charge in [0.1, 0.15) is 6.04 Å². The predicted molar refractivity (Wildman–Crippen MR) is 63.7 cm³/mol. The largest absolute Gasteiger partial charge is 0.480 e. The second-order valence-corrected chi connectivity index (χ2v) is 4.87. The summed E-state index contributed by atoms with van der Waals surface area (Å²) in [7, 11) is 0. The molecule has 7 nitrogen and oxygen atoms in total. The zero-order valence-corrected chi connectivity index (χ0v) is 10.5. The van der Waals surface area contributed by atoms with Crippen LogP contribution in [0.4, 0.5) is 4.79 Å². The van der Waals surface area contributed by atoms with Gasteiger partial charge in [-0.05, 0) is 11.8 Å². The molecule has 1 fully saturated rings. The molecule has 0 aliphatic carbocycles. The van der Waals surface area contributed by atoms with Crippen LogP contribution in [0, 0.1) is 11.8 Å². The van der Waals surface area contributed by atoms with Crippen molar-refractivity contribution >= 4 is 17.9 Å². The Morgan fingerprint density at radius 3 is 2.22 bits per heavy atom. The van der Waals surface area contributed by atoms with Crippen LogP contribution in [0.3, 0.4) is 0 Å². The summed E-state index contributed by atoms with van der Waals surface area (Å²) < 4.78 is 0. The lowest BCUT2D eigenvalue weighted by Crippen LogP contribution is -2.48. The van der Waals surface area contributed by atoms with E-state index in [2.05, 4.69) is 5.32 Å². The number of urea groups is 1. The predicted octanol–water partition coefficient (Wildman–Crippen LogP) is -0.388. The van der Waals surface area contributed by atoms with E-state index in [0.29, 0.717) is 24.9 Å². The number of nitrogens with two attached hydrogens (primary N) is 1. The number of carbonyl (C=O) groups is 3. The quantitative estimate of drug-likeness (QED) is 0.636.